The second-order valence-electron chi connectivity index (χ2n) is 15.4. The minimum Gasteiger partial charge on any atom is -0.310 e. The maximum absolute atomic E-state index is 5.36. The van der Waals surface area contributed by atoms with Crippen molar-refractivity contribution in [3.63, 3.8) is 0 Å². The number of para-hydroxylation sites is 3. The van der Waals surface area contributed by atoms with Gasteiger partial charge in [-0.25, -0.2) is 4.98 Å². The quantitative estimate of drug-likeness (QED) is 0.195. The van der Waals surface area contributed by atoms with Crippen LogP contribution in [0.4, 0.5) is 34.3 Å². The van der Waals surface area contributed by atoms with Crippen molar-refractivity contribution in [1.82, 2.24) is 4.98 Å². The normalized spacial score (nSPS) is 15.6. The van der Waals surface area contributed by atoms with Gasteiger partial charge in [-0.3, -0.25) is 4.90 Å². The molecule has 0 aliphatic carbocycles. The van der Waals surface area contributed by atoms with Gasteiger partial charge in [-0.15, -0.1) is 0 Å². The van der Waals surface area contributed by atoms with Crippen LogP contribution in [0.15, 0.2) is 133 Å². The molecule has 3 heteroatoms. The molecule has 0 bridgehead atoms. The van der Waals surface area contributed by atoms with Crippen molar-refractivity contribution in [3.8, 4) is 11.3 Å². The number of hydrogen-bond donors (Lipinski definition) is 0. The molecule has 5 aromatic carbocycles. The first-order chi connectivity index (χ1) is 23.0. The molecule has 0 radical (unpaired) electrons. The largest absolute Gasteiger partial charge is 0.310 e. The average molecular weight is 626 g/mol. The fraction of sp³-hybridized carbons (Fsp3) is 0.222. The summed E-state index contributed by atoms with van der Waals surface area (Å²) in [6.45, 7) is 16.2. The monoisotopic (exact) mass is 625 g/mol. The molecule has 0 amide bonds. The Kier molecular flexibility index (Phi) is 6.72. The van der Waals surface area contributed by atoms with Gasteiger partial charge in [0.2, 0.25) is 0 Å². The molecule has 0 fully saturated rings. The lowest BCUT2D eigenvalue weighted by molar-refractivity contribution is 0.580. The Bertz CT molecular complexity index is 2150. The van der Waals surface area contributed by atoms with Crippen LogP contribution in [0, 0.1) is 0 Å². The third-order valence-electron chi connectivity index (χ3n) is 10.6. The molecule has 238 valence electrons. The molecule has 2 aliphatic rings. The Morgan fingerprint density at radius 2 is 1.00 bits per heavy atom. The van der Waals surface area contributed by atoms with Gasteiger partial charge in [0.25, 0.3) is 0 Å². The molecule has 1 aromatic heterocycles. The Hall–Kier alpha value is -5.15. The molecule has 3 heterocycles. The van der Waals surface area contributed by atoms with Gasteiger partial charge in [0.05, 0.1) is 28.4 Å². The topological polar surface area (TPSA) is 19.4 Å². The van der Waals surface area contributed by atoms with Crippen LogP contribution in [0.5, 0.6) is 0 Å². The SMILES string of the molecule is CC(C)(C)c1ccc2c(c1)C(C)(C)c1ccccc1N2c1cccc(-c2cccc(N3c4ccccc4C(C)(C)c4ccccc43)n2)c1. The van der Waals surface area contributed by atoms with Crippen LogP contribution in [0.3, 0.4) is 0 Å². The van der Waals surface area contributed by atoms with Crippen LogP contribution in [-0.4, -0.2) is 4.98 Å². The highest BCUT2D eigenvalue weighted by Crippen LogP contribution is 2.54. The number of hydrogen-bond acceptors (Lipinski definition) is 3. The number of anilines is 6. The molecule has 0 N–H and O–H groups in total. The van der Waals surface area contributed by atoms with E-state index in [-0.39, 0.29) is 16.2 Å². The number of pyridine rings is 1. The lowest BCUT2D eigenvalue weighted by atomic mass is 9.71. The van der Waals surface area contributed by atoms with Crippen LogP contribution in [-0.2, 0) is 16.2 Å². The van der Waals surface area contributed by atoms with E-state index in [0.717, 1.165) is 22.8 Å². The van der Waals surface area contributed by atoms with E-state index in [1.54, 1.807) is 0 Å². The minimum atomic E-state index is -0.132. The van der Waals surface area contributed by atoms with E-state index in [2.05, 4.69) is 192 Å². The van der Waals surface area contributed by atoms with E-state index in [1.807, 2.05) is 0 Å². The fourth-order valence-corrected chi connectivity index (χ4v) is 7.88. The summed E-state index contributed by atoms with van der Waals surface area (Å²) >= 11 is 0. The molecule has 2 aliphatic heterocycles. The predicted molar refractivity (Wildman–Crippen MR) is 202 cm³/mol. The zero-order chi connectivity index (χ0) is 33.4. The first-order valence-corrected chi connectivity index (χ1v) is 17.1. The van der Waals surface area contributed by atoms with Crippen LogP contribution < -0.4 is 9.80 Å². The Balaban J connectivity index is 1.26. The molecule has 0 atom stereocenters. The third-order valence-corrected chi connectivity index (χ3v) is 10.6. The number of nitrogens with zero attached hydrogens (tertiary/aromatic N) is 3. The van der Waals surface area contributed by atoms with Gasteiger partial charge in [0.1, 0.15) is 5.82 Å². The minimum absolute atomic E-state index is 0.0641. The van der Waals surface area contributed by atoms with E-state index < -0.39 is 0 Å². The van der Waals surface area contributed by atoms with Gasteiger partial charge in [-0.05, 0) is 81.8 Å². The van der Waals surface area contributed by atoms with Crippen molar-refractivity contribution in [1.29, 1.82) is 0 Å². The summed E-state index contributed by atoms with van der Waals surface area (Å²) in [4.78, 5) is 10.1. The molecule has 0 saturated carbocycles. The Labute approximate surface area is 285 Å². The Morgan fingerprint density at radius 1 is 0.479 bits per heavy atom. The van der Waals surface area contributed by atoms with E-state index in [1.165, 1.54) is 50.6 Å². The smallest absolute Gasteiger partial charge is 0.138 e. The molecular weight excluding hydrogens is 583 g/mol. The van der Waals surface area contributed by atoms with E-state index in [4.69, 9.17) is 4.98 Å². The average Bonchev–Trinajstić information content (AvgIpc) is 3.08. The number of rotatable bonds is 3. The zero-order valence-electron chi connectivity index (χ0n) is 29.0. The Morgan fingerprint density at radius 3 is 1.60 bits per heavy atom. The summed E-state index contributed by atoms with van der Waals surface area (Å²) in [7, 11) is 0. The van der Waals surface area contributed by atoms with Crippen molar-refractivity contribution in [2.75, 3.05) is 9.80 Å². The highest BCUT2D eigenvalue weighted by molar-refractivity contribution is 5.88. The lowest BCUT2D eigenvalue weighted by Crippen LogP contribution is -2.31. The van der Waals surface area contributed by atoms with Crippen LogP contribution in [0.1, 0.15) is 76.3 Å². The van der Waals surface area contributed by atoms with Crippen molar-refractivity contribution in [2.24, 2.45) is 0 Å². The number of benzene rings is 5. The van der Waals surface area contributed by atoms with Crippen molar-refractivity contribution in [2.45, 2.75) is 64.7 Å². The van der Waals surface area contributed by atoms with Crippen molar-refractivity contribution in [3.05, 3.63) is 161 Å². The third kappa shape index (κ3) is 4.59. The van der Waals surface area contributed by atoms with Crippen LogP contribution in [0.25, 0.3) is 11.3 Å². The standard InChI is InChI=1S/C45H43N3/c1-43(2,3)31-26-27-41-36(29-31)45(6,7)33-18-8-11-22-38(33)47(41)32-17-14-16-30(28-32)37-21-15-25-42(46-37)48-39-23-12-9-19-34(39)44(4,5)35-20-10-13-24-40(35)48/h8-29H,1-7H3. The first-order valence-electron chi connectivity index (χ1n) is 17.1. The van der Waals surface area contributed by atoms with Crippen LogP contribution >= 0.6 is 0 Å². The van der Waals surface area contributed by atoms with Gasteiger partial charge in [-0.2, -0.15) is 0 Å². The van der Waals surface area contributed by atoms with E-state index in [0.29, 0.717) is 0 Å². The summed E-state index contributed by atoms with van der Waals surface area (Å²) < 4.78 is 0. The second-order valence-corrected chi connectivity index (χ2v) is 15.4. The molecule has 48 heavy (non-hydrogen) atoms. The zero-order valence-corrected chi connectivity index (χ0v) is 29.0. The second kappa shape index (κ2) is 10.7. The number of aromatic nitrogens is 1. The summed E-state index contributed by atoms with van der Waals surface area (Å²) in [5, 5.41) is 0. The molecular formula is C45H43N3. The fourth-order valence-electron chi connectivity index (χ4n) is 7.88. The summed E-state index contributed by atoms with van der Waals surface area (Å²) in [5.41, 5.74) is 14.4. The van der Waals surface area contributed by atoms with Crippen molar-refractivity contribution < 1.29 is 0 Å². The van der Waals surface area contributed by atoms with Crippen LogP contribution in [0.2, 0.25) is 0 Å². The van der Waals surface area contributed by atoms with Gasteiger partial charge < -0.3 is 4.90 Å². The highest BCUT2D eigenvalue weighted by atomic mass is 15.2. The van der Waals surface area contributed by atoms with Gasteiger partial charge in [-0.1, -0.05) is 133 Å². The highest BCUT2D eigenvalue weighted by Gasteiger charge is 2.38. The molecule has 8 rings (SSSR count). The summed E-state index contributed by atoms with van der Waals surface area (Å²) in [5.74, 6) is 0.915. The maximum Gasteiger partial charge on any atom is 0.138 e. The molecule has 3 nitrogen and oxygen atoms in total. The number of fused-ring (bicyclic) bond motifs is 4. The molecule has 0 spiro atoms. The summed E-state index contributed by atoms with van der Waals surface area (Å²) in [6.07, 6.45) is 0. The molecule has 0 saturated heterocycles. The van der Waals surface area contributed by atoms with E-state index >= 15 is 0 Å². The molecule has 0 unspecified atom stereocenters. The van der Waals surface area contributed by atoms with Crippen molar-refractivity contribution >= 4 is 34.3 Å². The van der Waals surface area contributed by atoms with Gasteiger partial charge in [0.15, 0.2) is 0 Å². The maximum atomic E-state index is 5.36. The van der Waals surface area contributed by atoms with Gasteiger partial charge >= 0.3 is 0 Å². The van der Waals surface area contributed by atoms with E-state index in [9.17, 15) is 0 Å². The first kappa shape index (κ1) is 30.2. The summed E-state index contributed by atoms with van der Waals surface area (Å²) in [6, 6.07) is 48.7. The molecule has 6 aromatic rings. The predicted octanol–water partition coefficient (Wildman–Crippen LogP) is 12.3. The lowest BCUT2D eigenvalue weighted by Gasteiger charge is -2.43. The van der Waals surface area contributed by atoms with Gasteiger partial charge in [0, 0.05) is 22.1 Å².